The maximum atomic E-state index is 14.3. The highest BCUT2D eigenvalue weighted by molar-refractivity contribution is 5.59. The SMILES string of the molecule is CN(C)Cc1ccc(F)c(-c2cn(Cc3ccc(-c4nnc(C(F)F)o4)cn3)nn2)c1. The van der Waals surface area contributed by atoms with E-state index in [1.807, 2.05) is 19.0 Å². The molecule has 0 saturated heterocycles. The number of alkyl halides is 2. The Kier molecular flexibility index (Phi) is 5.76. The molecule has 0 aliphatic rings. The molecule has 4 aromatic rings. The number of nitrogens with zero attached hydrogens (tertiary/aromatic N) is 7. The summed E-state index contributed by atoms with van der Waals surface area (Å²) in [4.78, 5) is 6.26. The van der Waals surface area contributed by atoms with Gasteiger partial charge < -0.3 is 9.32 Å². The van der Waals surface area contributed by atoms with Crippen molar-refractivity contribution in [3.63, 3.8) is 0 Å². The average molecular weight is 429 g/mol. The fourth-order valence-electron chi connectivity index (χ4n) is 2.98. The van der Waals surface area contributed by atoms with Gasteiger partial charge in [-0.25, -0.2) is 9.07 Å². The first kappa shape index (κ1) is 20.7. The minimum Gasteiger partial charge on any atom is -0.415 e. The Bertz CT molecular complexity index is 1170. The van der Waals surface area contributed by atoms with Crippen molar-refractivity contribution in [3.05, 3.63) is 65.7 Å². The molecule has 3 heterocycles. The van der Waals surface area contributed by atoms with Gasteiger partial charge in [-0.15, -0.1) is 15.3 Å². The van der Waals surface area contributed by atoms with E-state index in [1.54, 1.807) is 30.5 Å². The van der Waals surface area contributed by atoms with Gasteiger partial charge in [0.05, 0.1) is 24.0 Å². The van der Waals surface area contributed by atoms with Crippen molar-refractivity contribution in [2.24, 2.45) is 0 Å². The Balaban J connectivity index is 1.49. The Morgan fingerprint density at radius 3 is 2.61 bits per heavy atom. The highest BCUT2D eigenvalue weighted by Crippen LogP contribution is 2.24. The van der Waals surface area contributed by atoms with Gasteiger partial charge in [0.25, 0.3) is 5.89 Å². The van der Waals surface area contributed by atoms with Crippen molar-refractivity contribution in [1.29, 1.82) is 0 Å². The van der Waals surface area contributed by atoms with Crippen LogP contribution in [0.15, 0.2) is 47.1 Å². The molecule has 11 heteroatoms. The van der Waals surface area contributed by atoms with Crippen molar-refractivity contribution in [2.45, 2.75) is 19.5 Å². The van der Waals surface area contributed by atoms with Gasteiger partial charge in [0.15, 0.2) is 0 Å². The van der Waals surface area contributed by atoms with Crippen molar-refractivity contribution < 1.29 is 17.6 Å². The highest BCUT2D eigenvalue weighted by atomic mass is 19.3. The summed E-state index contributed by atoms with van der Waals surface area (Å²) in [6.07, 6.45) is 0.254. The third-order valence-corrected chi connectivity index (χ3v) is 4.37. The van der Waals surface area contributed by atoms with Crippen LogP contribution in [0.3, 0.4) is 0 Å². The van der Waals surface area contributed by atoms with E-state index in [0.717, 1.165) is 5.56 Å². The number of aromatic nitrogens is 6. The van der Waals surface area contributed by atoms with E-state index in [9.17, 15) is 13.2 Å². The van der Waals surface area contributed by atoms with Crippen LogP contribution in [0.4, 0.5) is 13.2 Å². The summed E-state index contributed by atoms with van der Waals surface area (Å²) in [5.74, 6) is -1.15. The quantitative estimate of drug-likeness (QED) is 0.444. The molecule has 0 atom stereocenters. The minimum absolute atomic E-state index is 0.0366. The van der Waals surface area contributed by atoms with Crippen LogP contribution in [0, 0.1) is 5.82 Å². The van der Waals surface area contributed by atoms with Gasteiger partial charge in [-0.3, -0.25) is 4.98 Å². The molecule has 160 valence electrons. The van der Waals surface area contributed by atoms with Gasteiger partial charge in [0.1, 0.15) is 11.5 Å². The molecule has 0 aliphatic carbocycles. The zero-order chi connectivity index (χ0) is 22.0. The summed E-state index contributed by atoms with van der Waals surface area (Å²) in [6, 6.07) is 8.23. The molecule has 3 aromatic heterocycles. The number of benzene rings is 1. The molecular weight excluding hydrogens is 411 g/mol. The lowest BCUT2D eigenvalue weighted by atomic mass is 10.1. The predicted molar refractivity (Wildman–Crippen MR) is 104 cm³/mol. The average Bonchev–Trinajstić information content (AvgIpc) is 3.40. The van der Waals surface area contributed by atoms with Crippen LogP contribution in [0.25, 0.3) is 22.7 Å². The van der Waals surface area contributed by atoms with Crippen LogP contribution in [-0.4, -0.2) is 49.2 Å². The smallest absolute Gasteiger partial charge is 0.314 e. The molecule has 0 fully saturated rings. The maximum Gasteiger partial charge on any atom is 0.314 e. The summed E-state index contributed by atoms with van der Waals surface area (Å²) in [5.41, 5.74) is 2.81. The van der Waals surface area contributed by atoms with Crippen molar-refractivity contribution >= 4 is 0 Å². The van der Waals surface area contributed by atoms with Gasteiger partial charge in [0.2, 0.25) is 5.89 Å². The Labute approximate surface area is 175 Å². The number of halogens is 3. The van der Waals surface area contributed by atoms with E-state index in [4.69, 9.17) is 4.42 Å². The Morgan fingerprint density at radius 1 is 1.10 bits per heavy atom. The Hall–Kier alpha value is -3.60. The van der Waals surface area contributed by atoms with Crippen LogP contribution in [0.1, 0.15) is 23.6 Å². The maximum absolute atomic E-state index is 14.3. The normalized spacial score (nSPS) is 11.6. The van der Waals surface area contributed by atoms with Gasteiger partial charge in [-0.05, 0) is 43.9 Å². The zero-order valence-electron chi connectivity index (χ0n) is 16.7. The molecule has 0 bridgehead atoms. The van der Waals surface area contributed by atoms with Crippen molar-refractivity contribution in [1.82, 2.24) is 35.1 Å². The van der Waals surface area contributed by atoms with E-state index in [0.29, 0.717) is 35.6 Å². The molecular formula is C20H18F3N7O. The molecule has 8 nitrogen and oxygen atoms in total. The molecule has 4 rings (SSSR count). The zero-order valence-corrected chi connectivity index (χ0v) is 16.7. The van der Waals surface area contributed by atoms with E-state index < -0.39 is 12.3 Å². The number of hydrogen-bond acceptors (Lipinski definition) is 7. The van der Waals surface area contributed by atoms with E-state index in [-0.39, 0.29) is 11.7 Å². The van der Waals surface area contributed by atoms with Gasteiger partial charge >= 0.3 is 6.43 Å². The second-order valence-electron chi connectivity index (χ2n) is 7.14. The lowest BCUT2D eigenvalue weighted by molar-refractivity contribution is 0.116. The predicted octanol–water partition coefficient (Wildman–Crippen LogP) is 3.58. The molecule has 0 radical (unpaired) electrons. The van der Waals surface area contributed by atoms with Crippen LogP contribution < -0.4 is 0 Å². The van der Waals surface area contributed by atoms with Crippen LogP contribution in [0.5, 0.6) is 0 Å². The minimum atomic E-state index is -2.83. The molecule has 0 saturated carbocycles. The fraction of sp³-hybridized carbons (Fsp3) is 0.250. The standard InChI is InChI=1S/C20H18F3N7O/c1-29(2)9-12-3-6-16(21)15(7-12)17-11-30(28-25-17)10-14-5-4-13(8-24-14)19-26-27-20(31-19)18(22)23/h3-8,11,18H,9-10H2,1-2H3. The molecule has 0 spiro atoms. The van der Waals surface area contributed by atoms with Gasteiger partial charge in [-0.2, -0.15) is 8.78 Å². The second kappa shape index (κ2) is 8.64. The summed E-state index contributed by atoms with van der Waals surface area (Å²) in [7, 11) is 3.88. The molecule has 31 heavy (non-hydrogen) atoms. The van der Waals surface area contributed by atoms with Crippen LogP contribution in [0.2, 0.25) is 0 Å². The monoisotopic (exact) mass is 429 g/mol. The lowest BCUT2D eigenvalue weighted by Gasteiger charge is -2.10. The number of pyridine rings is 1. The molecule has 0 unspecified atom stereocenters. The first-order chi connectivity index (χ1) is 14.9. The van der Waals surface area contributed by atoms with Gasteiger partial charge in [0, 0.05) is 18.3 Å². The first-order valence-corrected chi connectivity index (χ1v) is 9.29. The highest BCUT2D eigenvalue weighted by Gasteiger charge is 2.17. The molecule has 0 amide bonds. The fourth-order valence-corrected chi connectivity index (χ4v) is 2.98. The topological polar surface area (TPSA) is 85.8 Å². The van der Waals surface area contributed by atoms with E-state index >= 15 is 0 Å². The molecule has 0 aliphatic heterocycles. The van der Waals surface area contributed by atoms with Crippen LogP contribution in [-0.2, 0) is 13.1 Å². The van der Waals surface area contributed by atoms with Gasteiger partial charge in [-0.1, -0.05) is 11.3 Å². The number of rotatable bonds is 7. The molecule has 1 aromatic carbocycles. The summed E-state index contributed by atoms with van der Waals surface area (Å²) in [6.45, 7) is 0.967. The van der Waals surface area contributed by atoms with Crippen molar-refractivity contribution in [3.8, 4) is 22.7 Å². The second-order valence-corrected chi connectivity index (χ2v) is 7.14. The largest absolute Gasteiger partial charge is 0.415 e. The van der Waals surface area contributed by atoms with E-state index in [1.165, 1.54) is 16.9 Å². The Morgan fingerprint density at radius 2 is 1.94 bits per heavy atom. The lowest BCUT2D eigenvalue weighted by Crippen LogP contribution is -2.10. The van der Waals surface area contributed by atoms with Crippen LogP contribution >= 0.6 is 0 Å². The first-order valence-electron chi connectivity index (χ1n) is 9.29. The number of hydrogen-bond donors (Lipinski definition) is 0. The van der Waals surface area contributed by atoms with Crippen molar-refractivity contribution in [2.75, 3.05) is 14.1 Å². The third-order valence-electron chi connectivity index (χ3n) is 4.37. The molecule has 0 N–H and O–H groups in total. The summed E-state index contributed by atoms with van der Waals surface area (Å²) >= 11 is 0. The summed E-state index contributed by atoms with van der Waals surface area (Å²) < 4.78 is 45.9. The van der Waals surface area contributed by atoms with E-state index in [2.05, 4.69) is 25.5 Å². The summed E-state index contributed by atoms with van der Waals surface area (Å²) in [5, 5.41) is 15.0. The third kappa shape index (κ3) is 4.77.